The molecule has 96 valence electrons. The van der Waals surface area contributed by atoms with E-state index in [2.05, 4.69) is 17.4 Å². The zero-order valence-corrected chi connectivity index (χ0v) is 11.1. The third-order valence-corrected chi connectivity index (χ3v) is 4.83. The van der Waals surface area contributed by atoms with Gasteiger partial charge in [-0.15, -0.1) is 11.8 Å². The summed E-state index contributed by atoms with van der Waals surface area (Å²) in [6.07, 6.45) is 3.89. The van der Waals surface area contributed by atoms with Crippen LogP contribution in [0.1, 0.15) is 30.9 Å². The van der Waals surface area contributed by atoms with Gasteiger partial charge in [-0.2, -0.15) is 0 Å². The molecular weight excluding hydrogens is 246 g/mol. The molecule has 1 unspecified atom stereocenters. The standard InChI is InChI=1S/C14H17NO2S/c1-2-9(1)15-11-3-6-18-14-8-13-12(7-10(11)14)16-4-5-17-13/h7-9,11,15H,1-6H2. The maximum atomic E-state index is 5.70. The maximum absolute atomic E-state index is 5.70. The van der Waals surface area contributed by atoms with Crippen LogP contribution in [0.3, 0.4) is 0 Å². The van der Waals surface area contributed by atoms with Gasteiger partial charge >= 0.3 is 0 Å². The number of fused-ring (bicyclic) bond motifs is 2. The summed E-state index contributed by atoms with van der Waals surface area (Å²) in [5.74, 6) is 3.03. The highest BCUT2D eigenvalue weighted by atomic mass is 32.2. The lowest BCUT2D eigenvalue weighted by Gasteiger charge is -2.28. The quantitative estimate of drug-likeness (QED) is 0.889. The van der Waals surface area contributed by atoms with E-state index < -0.39 is 0 Å². The number of hydrogen-bond acceptors (Lipinski definition) is 4. The number of hydrogen-bond donors (Lipinski definition) is 1. The van der Waals surface area contributed by atoms with E-state index in [1.54, 1.807) is 0 Å². The fraction of sp³-hybridized carbons (Fsp3) is 0.571. The van der Waals surface area contributed by atoms with Crippen molar-refractivity contribution in [2.24, 2.45) is 0 Å². The van der Waals surface area contributed by atoms with Gasteiger partial charge < -0.3 is 14.8 Å². The summed E-state index contributed by atoms with van der Waals surface area (Å²) in [4.78, 5) is 1.36. The van der Waals surface area contributed by atoms with Crippen LogP contribution in [-0.2, 0) is 0 Å². The Morgan fingerprint density at radius 3 is 2.61 bits per heavy atom. The molecule has 4 heteroatoms. The van der Waals surface area contributed by atoms with Crippen molar-refractivity contribution in [3.05, 3.63) is 17.7 Å². The van der Waals surface area contributed by atoms with Crippen molar-refractivity contribution in [3.63, 3.8) is 0 Å². The summed E-state index contributed by atoms with van der Waals surface area (Å²) in [6.45, 7) is 1.33. The van der Waals surface area contributed by atoms with Crippen LogP contribution >= 0.6 is 11.8 Å². The molecule has 3 aliphatic rings. The first kappa shape index (κ1) is 11.0. The smallest absolute Gasteiger partial charge is 0.162 e. The fourth-order valence-corrected chi connectivity index (χ4v) is 3.76. The van der Waals surface area contributed by atoms with E-state index >= 15 is 0 Å². The average molecular weight is 263 g/mol. The number of ether oxygens (including phenoxy) is 2. The second kappa shape index (κ2) is 4.35. The maximum Gasteiger partial charge on any atom is 0.162 e. The van der Waals surface area contributed by atoms with Gasteiger partial charge in [-0.05, 0) is 42.7 Å². The summed E-state index contributed by atoms with van der Waals surface area (Å²) in [5, 5.41) is 3.75. The van der Waals surface area contributed by atoms with Gasteiger partial charge in [0.05, 0.1) is 0 Å². The third-order valence-electron chi connectivity index (χ3n) is 3.73. The van der Waals surface area contributed by atoms with Gasteiger partial charge in [0.25, 0.3) is 0 Å². The van der Waals surface area contributed by atoms with Gasteiger partial charge in [-0.1, -0.05) is 0 Å². The van der Waals surface area contributed by atoms with Crippen LogP contribution in [-0.4, -0.2) is 25.0 Å². The van der Waals surface area contributed by atoms with Crippen LogP contribution in [0, 0.1) is 0 Å². The number of thioether (sulfide) groups is 1. The lowest BCUT2D eigenvalue weighted by molar-refractivity contribution is 0.170. The van der Waals surface area contributed by atoms with Crippen molar-refractivity contribution in [2.45, 2.75) is 36.2 Å². The Kier molecular flexibility index (Phi) is 2.66. The first-order valence-corrected chi connectivity index (χ1v) is 7.71. The molecule has 1 aliphatic carbocycles. The summed E-state index contributed by atoms with van der Waals surface area (Å²) < 4.78 is 11.4. The second-order valence-electron chi connectivity index (χ2n) is 5.16. The summed E-state index contributed by atoms with van der Waals surface area (Å²) in [7, 11) is 0. The van der Waals surface area contributed by atoms with Crippen LogP contribution in [0.15, 0.2) is 17.0 Å². The van der Waals surface area contributed by atoms with Crippen molar-refractivity contribution in [1.82, 2.24) is 5.32 Å². The van der Waals surface area contributed by atoms with Crippen LogP contribution in [0.4, 0.5) is 0 Å². The molecular formula is C14H17NO2S. The fourth-order valence-electron chi connectivity index (χ4n) is 2.63. The van der Waals surface area contributed by atoms with E-state index in [4.69, 9.17) is 9.47 Å². The molecule has 1 aromatic rings. The van der Waals surface area contributed by atoms with Gasteiger partial charge in [-0.3, -0.25) is 0 Å². The molecule has 0 amide bonds. The van der Waals surface area contributed by atoms with E-state index in [0.717, 1.165) is 17.5 Å². The van der Waals surface area contributed by atoms with Crippen LogP contribution in [0.5, 0.6) is 11.5 Å². The normalized spacial score (nSPS) is 25.7. The first-order chi connectivity index (χ1) is 8.90. The Hall–Kier alpha value is -0.870. The van der Waals surface area contributed by atoms with Crippen LogP contribution in [0.2, 0.25) is 0 Å². The third kappa shape index (κ3) is 1.97. The van der Waals surface area contributed by atoms with Gasteiger partial charge in [-0.25, -0.2) is 0 Å². The molecule has 1 saturated carbocycles. The summed E-state index contributed by atoms with van der Waals surface area (Å²) in [6, 6.07) is 5.61. The van der Waals surface area contributed by atoms with Crippen LogP contribution in [0.25, 0.3) is 0 Å². The lowest BCUT2D eigenvalue weighted by atomic mass is 10.0. The minimum atomic E-state index is 0.504. The summed E-state index contributed by atoms with van der Waals surface area (Å²) in [5.41, 5.74) is 1.41. The molecule has 1 fully saturated rings. The number of benzene rings is 1. The SMILES string of the molecule is c1c2c(cc3c1SCCC3NC1CC1)OCCO2. The van der Waals surface area contributed by atoms with E-state index in [0.29, 0.717) is 19.3 Å². The van der Waals surface area contributed by atoms with Gasteiger partial charge in [0.2, 0.25) is 0 Å². The zero-order chi connectivity index (χ0) is 11.9. The molecule has 2 aliphatic heterocycles. The van der Waals surface area contributed by atoms with Gasteiger partial charge in [0.15, 0.2) is 11.5 Å². The van der Waals surface area contributed by atoms with Gasteiger partial charge in [0.1, 0.15) is 13.2 Å². The predicted molar refractivity (Wildman–Crippen MR) is 71.7 cm³/mol. The van der Waals surface area contributed by atoms with E-state index in [9.17, 15) is 0 Å². The Morgan fingerprint density at radius 1 is 1.06 bits per heavy atom. The monoisotopic (exact) mass is 263 g/mol. The zero-order valence-electron chi connectivity index (χ0n) is 10.3. The minimum absolute atomic E-state index is 0.504. The van der Waals surface area contributed by atoms with Crippen molar-refractivity contribution in [3.8, 4) is 11.5 Å². The van der Waals surface area contributed by atoms with Crippen molar-refractivity contribution < 1.29 is 9.47 Å². The largest absolute Gasteiger partial charge is 0.486 e. The van der Waals surface area contributed by atoms with Crippen molar-refractivity contribution >= 4 is 11.8 Å². The minimum Gasteiger partial charge on any atom is -0.486 e. The molecule has 1 aromatic carbocycles. The molecule has 18 heavy (non-hydrogen) atoms. The average Bonchev–Trinajstić information content (AvgIpc) is 3.21. The molecule has 0 bridgehead atoms. The molecule has 3 nitrogen and oxygen atoms in total. The molecule has 0 spiro atoms. The Bertz CT molecular complexity index is 473. The van der Waals surface area contributed by atoms with Gasteiger partial charge in [0, 0.05) is 17.0 Å². The molecule has 4 rings (SSSR count). The summed E-state index contributed by atoms with van der Waals surface area (Å²) >= 11 is 1.94. The van der Waals surface area contributed by atoms with Crippen LogP contribution < -0.4 is 14.8 Å². The Labute approximate surface area is 111 Å². The van der Waals surface area contributed by atoms with Crippen molar-refractivity contribution in [2.75, 3.05) is 19.0 Å². The number of rotatable bonds is 2. The number of nitrogens with one attached hydrogen (secondary N) is 1. The first-order valence-electron chi connectivity index (χ1n) is 6.72. The van der Waals surface area contributed by atoms with E-state index in [1.807, 2.05) is 11.8 Å². The molecule has 1 atom stereocenters. The van der Waals surface area contributed by atoms with E-state index in [-0.39, 0.29) is 0 Å². The predicted octanol–water partition coefficient (Wildman–Crippen LogP) is 2.75. The topological polar surface area (TPSA) is 30.5 Å². The van der Waals surface area contributed by atoms with E-state index in [1.165, 1.54) is 35.5 Å². The molecule has 0 radical (unpaired) electrons. The lowest BCUT2D eigenvalue weighted by Crippen LogP contribution is -2.27. The second-order valence-corrected chi connectivity index (χ2v) is 6.30. The Balaban J connectivity index is 1.69. The molecule has 0 aromatic heterocycles. The molecule has 0 saturated heterocycles. The molecule has 2 heterocycles. The Morgan fingerprint density at radius 2 is 1.83 bits per heavy atom. The highest BCUT2D eigenvalue weighted by Crippen LogP contribution is 2.44. The molecule has 1 N–H and O–H groups in total. The highest BCUT2D eigenvalue weighted by molar-refractivity contribution is 7.99. The highest BCUT2D eigenvalue weighted by Gasteiger charge is 2.30. The van der Waals surface area contributed by atoms with Crippen molar-refractivity contribution in [1.29, 1.82) is 0 Å².